The van der Waals surface area contributed by atoms with Crippen molar-refractivity contribution >= 4 is 117 Å². The molecule has 13 nitrogen and oxygen atoms in total. The highest BCUT2D eigenvalue weighted by molar-refractivity contribution is 7.33. The van der Waals surface area contributed by atoms with E-state index in [9.17, 15) is 28.8 Å². The van der Waals surface area contributed by atoms with Crippen molar-refractivity contribution in [1.82, 2.24) is 13.7 Å². The maximum absolute atomic E-state index is 15.1. The van der Waals surface area contributed by atoms with Gasteiger partial charge in [-0.15, -0.1) is 22.7 Å². The van der Waals surface area contributed by atoms with Crippen LogP contribution in [0, 0.1) is 0 Å². The number of thiophene rings is 2. The number of ketones is 4. The zero-order valence-corrected chi connectivity index (χ0v) is 38.6. The summed E-state index contributed by atoms with van der Waals surface area (Å²) in [5, 5.41) is 0. The lowest BCUT2D eigenvalue weighted by atomic mass is 10.1. The van der Waals surface area contributed by atoms with Crippen LogP contribution in [-0.4, -0.2) is 55.1 Å². The van der Waals surface area contributed by atoms with Crippen molar-refractivity contribution in [2.75, 3.05) is 0 Å². The van der Waals surface area contributed by atoms with Gasteiger partial charge in [-0.1, -0.05) is 140 Å². The highest BCUT2D eigenvalue weighted by atomic mass is 32.1. The molecule has 0 saturated heterocycles. The Morgan fingerprint density at radius 3 is 1.01 bits per heavy atom. The van der Waals surface area contributed by atoms with Gasteiger partial charge in [0.15, 0.2) is 23.1 Å². The second-order valence-electron chi connectivity index (χ2n) is 16.8. The lowest BCUT2D eigenvalue weighted by molar-refractivity contribution is 0.0975. The molecule has 71 heavy (non-hydrogen) atoms. The van der Waals surface area contributed by atoms with Gasteiger partial charge in [-0.3, -0.25) is 19.2 Å². The van der Waals surface area contributed by atoms with E-state index in [1.54, 1.807) is 97.1 Å². The summed E-state index contributed by atoms with van der Waals surface area (Å²) in [7, 11) is 0. The van der Waals surface area contributed by atoms with Crippen LogP contribution in [0.25, 0.3) is 53.0 Å². The Morgan fingerprint density at radius 2 is 0.690 bits per heavy atom. The summed E-state index contributed by atoms with van der Waals surface area (Å²) in [6.45, 7) is -0.407. The van der Waals surface area contributed by atoms with Crippen LogP contribution in [0.1, 0.15) is 69.5 Å². The smallest absolute Gasteiger partial charge is 0.419 e. The number of rotatable bonds is 8. The fraction of sp³-hybridized carbons (Fsp3) is 0.0536. The van der Waals surface area contributed by atoms with Gasteiger partial charge in [0.2, 0.25) is 0 Å². The molecular weight excluding hydrogens is 939 g/mol. The van der Waals surface area contributed by atoms with E-state index in [1.165, 1.54) is 48.5 Å². The minimum Gasteiger partial charge on any atom is -0.444 e. The van der Waals surface area contributed by atoms with Crippen molar-refractivity contribution in [2.24, 2.45) is 0 Å². The van der Waals surface area contributed by atoms with Gasteiger partial charge in [0, 0.05) is 22.3 Å². The molecule has 0 N–H and O–H groups in total. The van der Waals surface area contributed by atoms with E-state index < -0.39 is 41.4 Å². The Labute approximate surface area is 409 Å². The molecule has 0 atom stereocenters. The molecule has 2 aliphatic rings. The van der Waals surface area contributed by atoms with Crippen molar-refractivity contribution in [2.45, 2.75) is 19.8 Å². The molecule has 2 aliphatic carbocycles. The molecule has 0 saturated carbocycles. The lowest BCUT2D eigenvalue weighted by Crippen LogP contribution is -2.18. The number of allylic oxidation sites excluding steroid dienone is 2. The van der Waals surface area contributed by atoms with Crippen LogP contribution in [0.2, 0.25) is 0 Å². The number of benzene rings is 5. The predicted octanol–water partition coefficient (Wildman–Crippen LogP) is 12.3. The van der Waals surface area contributed by atoms with Gasteiger partial charge < -0.3 is 14.2 Å². The zero-order chi connectivity index (χ0) is 48.5. The molecular formula is C56H33N3O10S2. The molecule has 5 aromatic carbocycles. The van der Waals surface area contributed by atoms with Crippen LogP contribution in [-0.2, 0) is 34.0 Å². The average Bonchev–Trinajstić information content (AvgIpc) is 4.26. The van der Waals surface area contributed by atoms with Crippen LogP contribution in [0.4, 0.5) is 14.4 Å². The van der Waals surface area contributed by atoms with Crippen LogP contribution in [0.3, 0.4) is 0 Å². The minimum absolute atomic E-state index is 0.130. The number of aromatic nitrogens is 3. The molecule has 0 bridgehead atoms. The van der Waals surface area contributed by atoms with E-state index in [1.807, 2.05) is 54.6 Å². The van der Waals surface area contributed by atoms with Gasteiger partial charge in [-0.2, -0.15) is 0 Å². The van der Waals surface area contributed by atoms with E-state index >= 15 is 4.79 Å². The van der Waals surface area contributed by atoms with E-state index in [4.69, 9.17) is 14.2 Å². The van der Waals surface area contributed by atoms with Crippen molar-refractivity contribution in [3.05, 3.63) is 213 Å². The van der Waals surface area contributed by atoms with Gasteiger partial charge >= 0.3 is 18.3 Å². The third kappa shape index (κ3) is 7.16. The van der Waals surface area contributed by atoms with Crippen LogP contribution in [0.15, 0.2) is 163 Å². The van der Waals surface area contributed by atoms with Gasteiger partial charge in [-0.25, -0.2) is 28.1 Å². The lowest BCUT2D eigenvalue weighted by Gasteiger charge is -2.12. The third-order valence-electron chi connectivity index (χ3n) is 12.5. The summed E-state index contributed by atoms with van der Waals surface area (Å²) < 4.78 is 23.9. The zero-order valence-electron chi connectivity index (χ0n) is 37.0. The number of Topliss-reactive ketones (excluding diaryl/α,β-unsaturated/α-hetero) is 4. The van der Waals surface area contributed by atoms with E-state index in [2.05, 4.69) is 0 Å². The predicted molar refractivity (Wildman–Crippen MR) is 268 cm³/mol. The maximum atomic E-state index is 15.1. The van der Waals surface area contributed by atoms with E-state index in [-0.39, 0.29) is 86.7 Å². The SMILES string of the molecule is O=C1C(=Cc2cc3sc4c5sc6cc(C=C7C(=O)c8ccccc8C7=O)n(C(=O)OCc7ccccc7)c6c5n(C(=O)OCc5ccccc5)c4c3n2C(=O)OCc2ccccc2)C(=O)c2ccccc21. The summed E-state index contributed by atoms with van der Waals surface area (Å²) >= 11 is 2.50. The maximum Gasteiger partial charge on any atom is 0.419 e. The first-order chi connectivity index (χ1) is 34.6. The summed E-state index contributed by atoms with van der Waals surface area (Å²) in [4.78, 5) is 99.5. The molecule has 0 fully saturated rings. The Balaban J connectivity index is 1.10. The Bertz CT molecular complexity index is 3710. The molecule has 344 valence electrons. The standard InChI is InChI=1S/C56H33N3O10S2/c60-48-36-20-10-11-21-37(36)49(61)40(48)24-34-26-42-44(57(34)54(64)67-28-31-14-4-1-5-15-31)46-52(70-42)53-47(59(46)56(66)69-30-33-18-8-3-9-19-33)45-43(71-53)27-35(58(45)55(65)68-29-32-16-6-2-7-17-32)25-41-50(62)38-22-12-13-23-39(38)51(41)63/h1-27H,28-30H2. The van der Waals surface area contributed by atoms with Crippen LogP contribution < -0.4 is 0 Å². The van der Waals surface area contributed by atoms with Gasteiger partial charge in [0.05, 0.1) is 63.4 Å². The highest BCUT2D eigenvalue weighted by Crippen LogP contribution is 2.49. The van der Waals surface area contributed by atoms with Crippen molar-refractivity contribution < 1.29 is 47.8 Å². The molecule has 12 rings (SSSR count). The van der Waals surface area contributed by atoms with Crippen LogP contribution in [0.5, 0.6) is 0 Å². The highest BCUT2D eigenvalue weighted by Gasteiger charge is 2.37. The molecule has 15 heteroatoms. The molecule has 0 spiro atoms. The van der Waals surface area contributed by atoms with Gasteiger partial charge in [0.1, 0.15) is 19.8 Å². The molecule has 0 aliphatic heterocycles. The Hall–Kier alpha value is -9.05. The summed E-state index contributed by atoms with van der Waals surface area (Å²) in [6, 6.07) is 43.5. The molecule has 0 unspecified atom stereocenters. The monoisotopic (exact) mass is 971 g/mol. The molecule has 5 heterocycles. The van der Waals surface area contributed by atoms with Crippen molar-refractivity contribution in [3.63, 3.8) is 0 Å². The Kier molecular flexibility index (Phi) is 10.5. The van der Waals surface area contributed by atoms with E-state index in [0.717, 1.165) is 0 Å². The summed E-state index contributed by atoms with van der Waals surface area (Å²) in [6.07, 6.45) is 0.145. The van der Waals surface area contributed by atoms with Gasteiger partial charge in [0.25, 0.3) is 0 Å². The van der Waals surface area contributed by atoms with Gasteiger partial charge in [-0.05, 0) is 41.0 Å². The quantitative estimate of drug-likeness (QED) is 0.0814. The average molecular weight is 972 g/mol. The number of carbonyl (C=O) groups is 7. The number of fused-ring (bicyclic) bond motifs is 9. The fourth-order valence-corrected chi connectivity index (χ4v) is 11.8. The molecule has 10 aromatic rings. The van der Waals surface area contributed by atoms with E-state index in [0.29, 0.717) is 35.5 Å². The largest absolute Gasteiger partial charge is 0.444 e. The second-order valence-corrected chi connectivity index (χ2v) is 18.9. The molecule has 5 aromatic heterocycles. The van der Waals surface area contributed by atoms with Crippen molar-refractivity contribution in [3.8, 4) is 0 Å². The number of ether oxygens (including phenoxy) is 3. The number of hydrogen-bond donors (Lipinski definition) is 0. The first-order valence-electron chi connectivity index (χ1n) is 22.2. The third-order valence-corrected chi connectivity index (χ3v) is 14.9. The fourth-order valence-electron chi connectivity index (χ4n) is 9.22. The topological polar surface area (TPSA) is 162 Å². The number of nitrogens with zero attached hydrogens (tertiary/aromatic N) is 3. The minimum atomic E-state index is -0.864. The first-order valence-corrected chi connectivity index (χ1v) is 23.9. The summed E-state index contributed by atoms with van der Waals surface area (Å²) in [5.74, 6) is -2.02. The van der Waals surface area contributed by atoms with Crippen molar-refractivity contribution in [1.29, 1.82) is 0 Å². The molecule has 0 radical (unpaired) electrons. The summed E-state index contributed by atoms with van der Waals surface area (Å²) in [5.41, 5.74) is 3.89. The normalized spacial score (nSPS) is 13.2. The number of hydrogen-bond acceptors (Lipinski definition) is 12. The molecule has 0 amide bonds. The Morgan fingerprint density at radius 1 is 0.394 bits per heavy atom. The van der Waals surface area contributed by atoms with Crippen LogP contribution >= 0.6 is 22.7 Å². The number of carbonyl (C=O) groups excluding carboxylic acids is 7. The first kappa shape index (κ1) is 43.2. The second kappa shape index (κ2) is 17.2.